The first kappa shape index (κ1) is 13.4. The van der Waals surface area contributed by atoms with E-state index >= 15 is 0 Å². The van der Waals surface area contributed by atoms with Crippen LogP contribution in [0.2, 0.25) is 0 Å². The highest BCUT2D eigenvalue weighted by Gasteiger charge is 2.26. The summed E-state index contributed by atoms with van der Waals surface area (Å²) in [5.74, 6) is 0.476. The molecule has 1 saturated heterocycles. The molecule has 1 heterocycles. The van der Waals surface area contributed by atoms with E-state index in [2.05, 4.69) is 10.2 Å². The van der Waals surface area contributed by atoms with Gasteiger partial charge in [-0.2, -0.15) is 0 Å². The first-order valence-electron chi connectivity index (χ1n) is 5.96. The van der Waals surface area contributed by atoms with E-state index in [1.54, 1.807) is 6.92 Å². The number of rotatable bonds is 5. The molecule has 0 aromatic rings. The molecule has 0 spiro atoms. The second-order valence-corrected chi connectivity index (χ2v) is 4.56. The van der Waals surface area contributed by atoms with Crippen molar-refractivity contribution in [2.24, 2.45) is 11.7 Å². The maximum absolute atomic E-state index is 11.0. The summed E-state index contributed by atoms with van der Waals surface area (Å²) in [4.78, 5) is 13.3. The van der Waals surface area contributed by atoms with Crippen LogP contribution in [0, 0.1) is 5.92 Å². The number of nitrogens with two attached hydrogens (primary N) is 1. The van der Waals surface area contributed by atoms with Gasteiger partial charge in [-0.05, 0) is 18.8 Å². The number of carbonyl (C=O) groups excluding carboxylic acids is 1. The second kappa shape index (κ2) is 6.83. The Hall–Kier alpha value is -0.650. The van der Waals surface area contributed by atoms with E-state index < -0.39 is 0 Å². The summed E-state index contributed by atoms with van der Waals surface area (Å²) >= 11 is 0. The van der Waals surface area contributed by atoms with Crippen LogP contribution in [0.3, 0.4) is 0 Å². The number of amides is 1. The van der Waals surface area contributed by atoms with Crippen molar-refractivity contribution in [1.29, 1.82) is 0 Å². The summed E-state index contributed by atoms with van der Waals surface area (Å²) in [5.41, 5.74) is 5.55. The Labute approximate surface area is 97.0 Å². The summed E-state index contributed by atoms with van der Waals surface area (Å²) in [6.45, 7) is 5.11. The van der Waals surface area contributed by atoms with Gasteiger partial charge < -0.3 is 16.2 Å². The Bertz CT molecular complexity index is 209. The third-order valence-corrected chi connectivity index (χ3v) is 3.00. The molecule has 5 heteroatoms. The first-order valence-corrected chi connectivity index (χ1v) is 5.96. The monoisotopic (exact) mass is 229 g/mol. The maximum Gasteiger partial charge on any atom is 0.217 e. The SMILES string of the molecule is CC(=O)NC1CC(CCO)CN(CCN)C1. The highest BCUT2D eigenvalue weighted by atomic mass is 16.3. The van der Waals surface area contributed by atoms with Gasteiger partial charge in [0.25, 0.3) is 0 Å². The lowest BCUT2D eigenvalue weighted by Gasteiger charge is -2.37. The minimum Gasteiger partial charge on any atom is -0.396 e. The molecule has 94 valence electrons. The molecular weight excluding hydrogens is 206 g/mol. The maximum atomic E-state index is 11.0. The van der Waals surface area contributed by atoms with E-state index in [4.69, 9.17) is 10.8 Å². The lowest BCUT2D eigenvalue weighted by atomic mass is 9.91. The number of likely N-dealkylation sites (tertiary alicyclic amines) is 1. The van der Waals surface area contributed by atoms with Crippen molar-refractivity contribution in [2.45, 2.75) is 25.8 Å². The summed E-state index contributed by atoms with van der Waals surface area (Å²) in [7, 11) is 0. The van der Waals surface area contributed by atoms with Crippen LogP contribution < -0.4 is 11.1 Å². The number of hydrogen-bond donors (Lipinski definition) is 3. The standard InChI is InChI=1S/C11H23N3O2/c1-9(16)13-11-6-10(2-5-15)7-14(8-11)4-3-12/h10-11,15H,2-8,12H2,1H3,(H,13,16). The number of aliphatic hydroxyl groups is 1. The van der Waals surface area contributed by atoms with Gasteiger partial charge in [0.05, 0.1) is 0 Å². The van der Waals surface area contributed by atoms with Crippen molar-refractivity contribution in [1.82, 2.24) is 10.2 Å². The molecule has 0 aromatic carbocycles. The zero-order valence-corrected chi connectivity index (χ0v) is 9.98. The van der Waals surface area contributed by atoms with Gasteiger partial charge in [0, 0.05) is 45.8 Å². The molecule has 16 heavy (non-hydrogen) atoms. The van der Waals surface area contributed by atoms with E-state index in [9.17, 15) is 4.79 Å². The van der Waals surface area contributed by atoms with Gasteiger partial charge in [-0.1, -0.05) is 0 Å². The molecule has 0 radical (unpaired) electrons. The molecule has 2 atom stereocenters. The largest absolute Gasteiger partial charge is 0.396 e. The van der Waals surface area contributed by atoms with Crippen molar-refractivity contribution in [3.05, 3.63) is 0 Å². The number of hydrogen-bond acceptors (Lipinski definition) is 4. The number of aliphatic hydroxyl groups excluding tert-OH is 1. The molecular formula is C11H23N3O2. The van der Waals surface area contributed by atoms with Gasteiger partial charge in [-0.15, -0.1) is 0 Å². The van der Waals surface area contributed by atoms with Crippen LogP contribution in [-0.4, -0.2) is 54.7 Å². The lowest BCUT2D eigenvalue weighted by Crippen LogP contribution is -2.51. The van der Waals surface area contributed by atoms with Gasteiger partial charge in [-0.25, -0.2) is 0 Å². The molecule has 5 nitrogen and oxygen atoms in total. The summed E-state index contributed by atoms with van der Waals surface area (Å²) in [5, 5.41) is 11.9. The highest BCUT2D eigenvalue weighted by Crippen LogP contribution is 2.19. The molecule has 4 N–H and O–H groups in total. The molecule has 1 fully saturated rings. The van der Waals surface area contributed by atoms with Crippen LogP contribution in [0.4, 0.5) is 0 Å². The molecule has 1 aliphatic rings. The molecule has 0 bridgehead atoms. The Morgan fingerprint density at radius 3 is 2.88 bits per heavy atom. The fourth-order valence-electron chi connectivity index (χ4n) is 2.45. The fourth-order valence-corrected chi connectivity index (χ4v) is 2.45. The normalized spacial score (nSPS) is 26.7. The van der Waals surface area contributed by atoms with Crippen LogP contribution in [0.15, 0.2) is 0 Å². The van der Waals surface area contributed by atoms with Crippen LogP contribution >= 0.6 is 0 Å². The molecule has 0 aromatic heterocycles. The third-order valence-electron chi connectivity index (χ3n) is 3.00. The van der Waals surface area contributed by atoms with Crippen LogP contribution in [0.1, 0.15) is 19.8 Å². The second-order valence-electron chi connectivity index (χ2n) is 4.56. The number of nitrogens with one attached hydrogen (secondary N) is 1. The van der Waals surface area contributed by atoms with E-state index in [1.165, 1.54) is 0 Å². The van der Waals surface area contributed by atoms with Gasteiger partial charge in [0.2, 0.25) is 5.91 Å². The van der Waals surface area contributed by atoms with E-state index in [1.807, 2.05) is 0 Å². The molecule has 2 unspecified atom stereocenters. The Kier molecular flexibility index (Phi) is 5.73. The minimum atomic E-state index is 0.0161. The smallest absolute Gasteiger partial charge is 0.217 e. The van der Waals surface area contributed by atoms with Gasteiger partial charge in [0.1, 0.15) is 0 Å². The Morgan fingerprint density at radius 2 is 2.31 bits per heavy atom. The molecule has 1 amide bonds. The van der Waals surface area contributed by atoms with Gasteiger partial charge >= 0.3 is 0 Å². The van der Waals surface area contributed by atoms with Crippen LogP contribution in [0.5, 0.6) is 0 Å². The predicted octanol–water partition coefficient (Wildman–Crippen LogP) is -0.846. The zero-order valence-electron chi connectivity index (χ0n) is 9.98. The van der Waals surface area contributed by atoms with Crippen molar-refractivity contribution in [3.63, 3.8) is 0 Å². The Balaban J connectivity index is 2.48. The molecule has 1 aliphatic heterocycles. The molecule has 1 rings (SSSR count). The molecule has 0 aliphatic carbocycles. The topological polar surface area (TPSA) is 78.6 Å². The zero-order chi connectivity index (χ0) is 12.0. The lowest BCUT2D eigenvalue weighted by molar-refractivity contribution is -0.120. The van der Waals surface area contributed by atoms with Crippen molar-refractivity contribution in [3.8, 4) is 0 Å². The number of nitrogens with zero attached hydrogens (tertiary/aromatic N) is 1. The van der Waals surface area contributed by atoms with E-state index in [0.29, 0.717) is 12.5 Å². The van der Waals surface area contributed by atoms with Gasteiger partial charge in [-0.3, -0.25) is 9.69 Å². The third kappa shape index (κ3) is 4.47. The predicted molar refractivity (Wildman–Crippen MR) is 62.9 cm³/mol. The number of piperidine rings is 1. The minimum absolute atomic E-state index is 0.0161. The molecule has 0 saturated carbocycles. The fraction of sp³-hybridized carbons (Fsp3) is 0.909. The average molecular weight is 229 g/mol. The quantitative estimate of drug-likeness (QED) is 0.574. The number of carbonyl (C=O) groups is 1. The van der Waals surface area contributed by atoms with Crippen molar-refractivity contribution in [2.75, 3.05) is 32.8 Å². The van der Waals surface area contributed by atoms with Crippen LogP contribution in [-0.2, 0) is 4.79 Å². The summed E-state index contributed by atoms with van der Waals surface area (Å²) < 4.78 is 0. The first-order chi connectivity index (χ1) is 7.65. The average Bonchev–Trinajstić information content (AvgIpc) is 2.17. The van der Waals surface area contributed by atoms with Crippen LogP contribution in [0.25, 0.3) is 0 Å². The Morgan fingerprint density at radius 1 is 1.56 bits per heavy atom. The van der Waals surface area contributed by atoms with E-state index in [0.717, 1.165) is 32.5 Å². The summed E-state index contributed by atoms with van der Waals surface area (Å²) in [6, 6.07) is 0.203. The van der Waals surface area contributed by atoms with Crippen molar-refractivity contribution >= 4 is 5.91 Å². The van der Waals surface area contributed by atoms with E-state index in [-0.39, 0.29) is 18.6 Å². The van der Waals surface area contributed by atoms with Gasteiger partial charge in [0.15, 0.2) is 0 Å². The highest BCUT2D eigenvalue weighted by molar-refractivity contribution is 5.73. The summed E-state index contributed by atoms with van der Waals surface area (Å²) in [6.07, 6.45) is 1.76. The van der Waals surface area contributed by atoms with Crippen molar-refractivity contribution < 1.29 is 9.90 Å².